The van der Waals surface area contributed by atoms with E-state index in [2.05, 4.69) is 47.1 Å². The van der Waals surface area contributed by atoms with Crippen molar-refractivity contribution in [3.8, 4) is 11.4 Å². The number of nitrogens with zero attached hydrogens (tertiary/aromatic N) is 4. The molecule has 5 fully saturated rings. The van der Waals surface area contributed by atoms with Crippen LogP contribution in [0.2, 0.25) is 0 Å². The van der Waals surface area contributed by atoms with Crippen molar-refractivity contribution in [2.45, 2.75) is 102 Å². The molecule has 8 heteroatoms. The quantitative estimate of drug-likeness (QED) is 0.258. The third kappa shape index (κ3) is 6.00. The molecule has 3 aromatic rings. The summed E-state index contributed by atoms with van der Waals surface area (Å²) in [5, 5.41) is 14.1. The molecule has 1 heterocycles. The smallest absolute Gasteiger partial charge is 0.303 e. The van der Waals surface area contributed by atoms with Gasteiger partial charge in [-0.2, -0.15) is 5.10 Å². The number of aliphatic carboxylic acids is 1. The van der Waals surface area contributed by atoms with E-state index in [0.717, 1.165) is 107 Å². The molecule has 0 unspecified atom stereocenters. The lowest BCUT2D eigenvalue weighted by molar-refractivity contribution is -0.138. The van der Waals surface area contributed by atoms with Crippen LogP contribution in [0.25, 0.3) is 5.69 Å². The SMILES string of the molecule is COc1ccc(C23CCC(CN(c4cccc(-n5cnc(C6CC6)n5)c4)C(=O)[C@H]4CC[C@H](CC(=O)O)CC4)(CC2)CC3)cc1C. The van der Waals surface area contributed by atoms with E-state index in [1.807, 2.05) is 16.8 Å². The Hall–Kier alpha value is -3.68. The average Bonchev–Trinajstić information content (AvgIpc) is 3.80. The molecule has 2 aromatic carbocycles. The van der Waals surface area contributed by atoms with Crippen LogP contribution >= 0.6 is 0 Å². The van der Waals surface area contributed by atoms with Crippen molar-refractivity contribution in [1.29, 1.82) is 0 Å². The summed E-state index contributed by atoms with van der Waals surface area (Å²) >= 11 is 0. The Morgan fingerprint density at radius 2 is 1.71 bits per heavy atom. The van der Waals surface area contributed by atoms with Crippen LogP contribution in [-0.2, 0) is 15.0 Å². The molecule has 0 spiro atoms. The highest BCUT2D eigenvalue weighted by Gasteiger charge is 2.50. The standard InChI is InChI=1S/C37H46N4O4/c1-25-20-29(12-13-32(25)45-2)37-17-14-36(15-18-37,16-19-37)23-40(35(44)28-8-6-26(7-9-28)21-33(42)43)30-4-3-5-31(22-30)41-24-38-34(39-41)27-10-11-27/h3-5,12-13,20,22,24,26-28H,6-11,14-19,21,23H2,1-2H3,(H,42,43)/t26-,28-,36?,37?. The van der Waals surface area contributed by atoms with Crippen molar-refractivity contribution in [2.75, 3.05) is 18.6 Å². The molecule has 1 amide bonds. The number of carboxylic acid groups (broad SMARTS) is 1. The molecular formula is C37H46N4O4. The highest BCUT2D eigenvalue weighted by atomic mass is 16.5. The minimum absolute atomic E-state index is 0.0727. The second-order valence-corrected chi connectivity index (χ2v) is 14.5. The maximum atomic E-state index is 14.5. The van der Waals surface area contributed by atoms with Gasteiger partial charge in [-0.05, 0) is 136 Å². The van der Waals surface area contributed by atoms with Crippen LogP contribution in [0.1, 0.15) is 106 Å². The van der Waals surface area contributed by atoms with E-state index in [1.165, 1.54) is 11.1 Å². The van der Waals surface area contributed by atoms with Gasteiger partial charge in [0.25, 0.3) is 0 Å². The van der Waals surface area contributed by atoms with Crippen LogP contribution < -0.4 is 9.64 Å². The molecule has 1 aromatic heterocycles. The predicted octanol–water partition coefficient (Wildman–Crippen LogP) is 7.37. The van der Waals surface area contributed by atoms with Gasteiger partial charge < -0.3 is 14.7 Å². The number of carbonyl (C=O) groups is 2. The van der Waals surface area contributed by atoms with Crippen molar-refractivity contribution in [1.82, 2.24) is 14.8 Å². The molecule has 2 bridgehead atoms. The minimum Gasteiger partial charge on any atom is -0.496 e. The maximum absolute atomic E-state index is 14.5. The molecule has 8 rings (SSSR count). The van der Waals surface area contributed by atoms with Gasteiger partial charge in [-0.1, -0.05) is 18.2 Å². The van der Waals surface area contributed by atoms with E-state index in [0.29, 0.717) is 5.92 Å². The zero-order valence-electron chi connectivity index (χ0n) is 26.7. The molecule has 5 saturated carbocycles. The van der Waals surface area contributed by atoms with Crippen LogP contribution in [-0.4, -0.2) is 45.4 Å². The minimum atomic E-state index is -0.740. The number of aromatic nitrogens is 3. The Labute approximate surface area is 266 Å². The zero-order valence-corrected chi connectivity index (χ0v) is 26.7. The molecule has 1 N–H and O–H groups in total. The Kier molecular flexibility index (Phi) is 7.95. The number of aryl methyl sites for hydroxylation is 1. The van der Waals surface area contributed by atoms with Crippen LogP contribution in [0, 0.1) is 24.2 Å². The fourth-order valence-electron chi connectivity index (χ4n) is 8.59. The number of rotatable bonds is 10. The fourth-order valence-corrected chi connectivity index (χ4v) is 8.59. The lowest BCUT2D eigenvalue weighted by Crippen LogP contribution is -2.51. The van der Waals surface area contributed by atoms with Gasteiger partial charge >= 0.3 is 5.97 Å². The molecule has 0 aliphatic heterocycles. The number of fused-ring (bicyclic) bond motifs is 3. The van der Waals surface area contributed by atoms with Crippen molar-refractivity contribution < 1.29 is 19.4 Å². The molecule has 5 aliphatic carbocycles. The van der Waals surface area contributed by atoms with E-state index in [9.17, 15) is 14.7 Å². The summed E-state index contributed by atoms with van der Waals surface area (Å²) in [6.45, 7) is 2.86. The monoisotopic (exact) mass is 610 g/mol. The zero-order chi connectivity index (χ0) is 31.2. The first-order valence-corrected chi connectivity index (χ1v) is 17.0. The van der Waals surface area contributed by atoms with Gasteiger partial charge in [-0.15, -0.1) is 0 Å². The number of benzene rings is 2. The predicted molar refractivity (Wildman–Crippen MR) is 173 cm³/mol. The second-order valence-electron chi connectivity index (χ2n) is 14.5. The Bertz CT molecular complexity index is 1540. The summed E-state index contributed by atoms with van der Waals surface area (Å²) in [6.07, 6.45) is 14.2. The fraction of sp³-hybridized carbons (Fsp3) is 0.568. The van der Waals surface area contributed by atoms with Crippen molar-refractivity contribution in [2.24, 2.45) is 17.3 Å². The summed E-state index contributed by atoms with van der Waals surface area (Å²) in [4.78, 5) is 32.4. The van der Waals surface area contributed by atoms with Gasteiger partial charge in [0.15, 0.2) is 5.82 Å². The van der Waals surface area contributed by atoms with Gasteiger partial charge in [-0.25, -0.2) is 9.67 Å². The third-order valence-electron chi connectivity index (χ3n) is 11.7. The largest absolute Gasteiger partial charge is 0.496 e. The summed E-state index contributed by atoms with van der Waals surface area (Å²) < 4.78 is 7.39. The van der Waals surface area contributed by atoms with Crippen LogP contribution in [0.3, 0.4) is 0 Å². The van der Waals surface area contributed by atoms with Crippen molar-refractivity contribution in [3.05, 3.63) is 65.7 Å². The summed E-state index contributed by atoms with van der Waals surface area (Å²) in [7, 11) is 1.73. The number of hydrogen-bond acceptors (Lipinski definition) is 5. The highest BCUT2D eigenvalue weighted by molar-refractivity contribution is 5.95. The molecule has 0 radical (unpaired) electrons. The molecule has 238 valence electrons. The second kappa shape index (κ2) is 11.9. The van der Waals surface area contributed by atoms with Gasteiger partial charge in [-0.3, -0.25) is 9.59 Å². The van der Waals surface area contributed by atoms with E-state index >= 15 is 0 Å². The van der Waals surface area contributed by atoms with Crippen LogP contribution in [0.5, 0.6) is 5.75 Å². The molecule has 5 aliphatic rings. The Morgan fingerprint density at radius 1 is 0.978 bits per heavy atom. The van der Waals surface area contributed by atoms with Crippen LogP contribution in [0.4, 0.5) is 5.69 Å². The number of anilines is 1. The van der Waals surface area contributed by atoms with Crippen molar-refractivity contribution in [3.63, 3.8) is 0 Å². The molecular weight excluding hydrogens is 564 g/mol. The molecule has 0 saturated heterocycles. The molecule has 0 atom stereocenters. The third-order valence-corrected chi connectivity index (χ3v) is 11.7. The first-order valence-electron chi connectivity index (χ1n) is 17.0. The number of carbonyl (C=O) groups excluding carboxylic acids is 1. The van der Waals surface area contributed by atoms with E-state index in [-0.39, 0.29) is 35.0 Å². The average molecular weight is 611 g/mol. The number of ether oxygens (including phenoxy) is 1. The van der Waals surface area contributed by atoms with Gasteiger partial charge in [0, 0.05) is 30.5 Å². The molecule has 8 nitrogen and oxygen atoms in total. The maximum Gasteiger partial charge on any atom is 0.303 e. The first-order chi connectivity index (χ1) is 21.8. The normalized spacial score (nSPS) is 27.7. The van der Waals surface area contributed by atoms with E-state index in [4.69, 9.17) is 9.84 Å². The number of carboxylic acids is 1. The topological polar surface area (TPSA) is 97.5 Å². The Morgan fingerprint density at radius 3 is 2.36 bits per heavy atom. The summed E-state index contributed by atoms with van der Waals surface area (Å²) in [6, 6.07) is 15.0. The lowest BCUT2D eigenvalue weighted by Gasteiger charge is -2.55. The summed E-state index contributed by atoms with van der Waals surface area (Å²) in [5.41, 5.74) is 4.79. The number of amides is 1. The van der Waals surface area contributed by atoms with Gasteiger partial charge in [0.05, 0.1) is 12.8 Å². The van der Waals surface area contributed by atoms with Gasteiger partial charge in [0.1, 0.15) is 12.1 Å². The summed E-state index contributed by atoms with van der Waals surface area (Å²) in [5.74, 6) is 1.88. The first kappa shape index (κ1) is 30.0. The van der Waals surface area contributed by atoms with Crippen molar-refractivity contribution >= 4 is 17.6 Å². The highest BCUT2D eigenvalue weighted by Crippen LogP contribution is 2.58. The lowest BCUT2D eigenvalue weighted by atomic mass is 9.51. The van der Waals surface area contributed by atoms with Gasteiger partial charge in [0.2, 0.25) is 5.91 Å². The number of methoxy groups -OCH3 is 1. The Balaban J connectivity index is 1.13. The van der Waals surface area contributed by atoms with E-state index < -0.39 is 5.97 Å². The molecule has 45 heavy (non-hydrogen) atoms. The van der Waals surface area contributed by atoms with Crippen LogP contribution in [0.15, 0.2) is 48.8 Å². The van der Waals surface area contributed by atoms with E-state index in [1.54, 1.807) is 13.4 Å². The number of hydrogen-bond donors (Lipinski definition) is 1.